The van der Waals surface area contributed by atoms with E-state index in [1.807, 2.05) is 24.3 Å². The molecule has 18 heavy (non-hydrogen) atoms. The molecule has 4 nitrogen and oxygen atoms in total. The molecule has 1 aromatic carbocycles. The Morgan fingerprint density at radius 1 is 1.39 bits per heavy atom. The van der Waals surface area contributed by atoms with Crippen LogP contribution >= 0.6 is 0 Å². The number of imidazole rings is 1. The van der Waals surface area contributed by atoms with Gasteiger partial charge < -0.3 is 15.4 Å². The summed E-state index contributed by atoms with van der Waals surface area (Å²) in [7, 11) is 0. The molecule has 0 spiro atoms. The second-order valence-electron chi connectivity index (χ2n) is 4.56. The molecule has 2 rings (SSSR count). The fourth-order valence-corrected chi connectivity index (χ4v) is 2.44. The van der Waals surface area contributed by atoms with E-state index < -0.39 is 0 Å². The molecule has 0 aliphatic carbocycles. The predicted molar refractivity (Wildman–Crippen MR) is 73.5 cm³/mol. The molecule has 1 aromatic heterocycles. The van der Waals surface area contributed by atoms with Gasteiger partial charge in [0.05, 0.1) is 17.6 Å². The van der Waals surface area contributed by atoms with Gasteiger partial charge in [-0.15, -0.1) is 0 Å². The molecule has 4 heteroatoms. The van der Waals surface area contributed by atoms with Crippen LogP contribution in [0.5, 0.6) is 0 Å². The highest BCUT2D eigenvalue weighted by molar-refractivity contribution is 5.76. The normalized spacial score (nSPS) is 13.1. The number of hydrogen-bond donors (Lipinski definition) is 2. The maximum absolute atomic E-state index is 9.23. The number of nitrogens with two attached hydrogens (primary N) is 1. The average molecular weight is 247 g/mol. The van der Waals surface area contributed by atoms with Crippen molar-refractivity contribution in [2.45, 2.75) is 32.2 Å². The SMILES string of the molecule is CCCC(CN)c1nc2ccccc2n1CCO. The molecule has 2 aromatic rings. The zero-order valence-corrected chi connectivity index (χ0v) is 10.8. The van der Waals surface area contributed by atoms with Crippen molar-refractivity contribution in [3.05, 3.63) is 30.1 Å². The molecule has 98 valence electrons. The molecule has 1 atom stereocenters. The van der Waals surface area contributed by atoms with Crippen molar-refractivity contribution in [1.29, 1.82) is 0 Å². The van der Waals surface area contributed by atoms with Crippen LogP contribution in [0.25, 0.3) is 11.0 Å². The minimum absolute atomic E-state index is 0.122. The van der Waals surface area contributed by atoms with E-state index in [0.29, 0.717) is 13.1 Å². The average Bonchev–Trinajstić information content (AvgIpc) is 2.76. The highest BCUT2D eigenvalue weighted by Crippen LogP contribution is 2.24. The topological polar surface area (TPSA) is 64.1 Å². The first-order valence-electron chi connectivity index (χ1n) is 6.57. The molecule has 3 N–H and O–H groups in total. The van der Waals surface area contributed by atoms with Crippen LogP contribution < -0.4 is 5.73 Å². The standard InChI is InChI=1S/C14H21N3O/c1-2-5-11(10-15)14-16-12-6-3-4-7-13(12)17(14)8-9-18/h3-4,6-7,11,18H,2,5,8-10,15H2,1H3. The van der Waals surface area contributed by atoms with Gasteiger partial charge >= 0.3 is 0 Å². The number of nitrogens with zero attached hydrogens (tertiary/aromatic N) is 2. The minimum atomic E-state index is 0.122. The third-order valence-electron chi connectivity index (χ3n) is 3.29. The second-order valence-corrected chi connectivity index (χ2v) is 4.56. The number of aromatic nitrogens is 2. The third kappa shape index (κ3) is 2.40. The zero-order valence-electron chi connectivity index (χ0n) is 10.8. The van der Waals surface area contributed by atoms with E-state index in [1.165, 1.54) is 0 Å². The van der Waals surface area contributed by atoms with Crippen LogP contribution in [-0.4, -0.2) is 27.8 Å². The van der Waals surface area contributed by atoms with Crippen molar-refractivity contribution < 1.29 is 5.11 Å². The maximum atomic E-state index is 9.23. The van der Waals surface area contributed by atoms with Crippen molar-refractivity contribution in [2.24, 2.45) is 5.73 Å². The predicted octanol–water partition coefficient (Wildman–Crippen LogP) is 1.87. The lowest BCUT2D eigenvalue weighted by molar-refractivity contribution is 0.274. The number of benzene rings is 1. The van der Waals surface area contributed by atoms with Gasteiger partial charge in [0.1, 0.15) is 5.82 Å². The monoisotopic (exact) mass is 247 g/mol. The molecule has 0 saturated carbocycles. The van der Waals surface area contributed by atoms with Gasteiger partial charge in [-0.1, -0.05) is 25.5 Å². The Balaban J connectivity index is 2.50. The quantitative estimate of drug-likeness (QED) is 0.819. The zero-order chi connectivity index (χ0) is 13.0. The summed E-state index contributed by atoms with van der Waals surface area (Å²) >= 11 is 0. The van der Waals surface area contributed by atoms with Crippen LogP contribution in [0.15, 0.2) is 24.3 Å². The van der Waals surface area contributed by atoms with Gasteiger partial charge in [-0.25, -0.2) is 4.98 Å². The third-order valence-corrected chi connectivity index (χ3v) is 3.29. The lowest BCUT2D eigenvalue weighted by Gasteiger charge is -2.15. The summed E-state index contributed by atoms with van der Waals surface area (Å²) in [6, 6.07) is 8.03. The molecule has 0 amide bonds. The van der Waals surface area contributed by atoms with E-state index in [-0.39, 0.29) is 12.5 Å². The fraction of sp³-hybridized carbons (Fsp3) is 0.500. The summed E-state index contributed by atoms with van der Waals surface area (Å²) in [6.45, 7) is 3.46. The summed E-state index contributed by atoms with van der Waals surface area (Å²) < 4.78 is 2.10. The highest BCUT2D eigenvalue weighted by Gasteiger charge is 2.17. The number of fused-ring (bicyclic) bond motifs is 1. The van der Waals surface area contributed by atoms with Crippen molar-refractivity contribution in [2.75, 3.05) is 13.2 Å². The Kier molecular flexibility index (Phi) is 4.33. The first-order valence-corrected chi connectivity index (χ1v) is 6.57. The Morgan fingerprint density at radius 3 is 2.83 bits per heavy atom. The largest absolute Gasteiger partial charge is 0.395 e. The Hall–Kier alpha value is -1.39. The van der Waals surface area contributed by atoms with Crippen molar-refractivity contribution in [1.82, 2.24) is 9.55 Å². The van der Waals surface area contributed by atoms with Crippen LogP contribution in [0.4, 0.5) is 0 Å². The van der Waals surface area contributed by atoms with Gasteiger partial charge in [0, 0.05) is 19.0 Å². The van der Waals surface area contributed by atoms with Crippen molar-refractivity contribution in [3.8, 4) is 0 Å². The Bertz CT molecular complexity index is 507. The van der Waals surface area contributed by atoms with Gasteiger partial charge in [0.25, 0.3) is 0 Å². The summed E-state index contributed by atoms with van der Waals surface area (Å²) in [6.07, 6.45) is 2.12. The molecule has 0 fully saturated rings. The van der Waals surface area contributed by atoms with E-state index in [4.69, 9.17) is 10.7 Å². The maximum Gasteiger partial charge on any atom is 0.114 e. The molecule has 1 heterocycles. The second kappa shape index (κ2) is 5.98. The Labute approximate surface area is 107 Å². The smallest absolute Gasteiger partial charge is 0.114 e. The number of aliphatic hydroxyl groups excluding tert-OH is 1. The van der Waals surface area contributed by atoms with Crippen molar-refractivity contribution in [3.63, 3.8) is 0 Å². The molecule has 0 saturated heterocycles. The summed E-state index contributed by atoms with van der Waals surface area (Å²) in [5.41, 5.74) is 7.92. The first kappa shape index (κ1) is 13.1. The van der Waals surface area contributed by atoms with E-state index in [1.54, 1.807) is 0 Å². The van der Waals surface area contributed by atoms with E-state index in [9.17, 15) is 5.11 Å². The van der Waals surface area contributed by atoms with Crippen LogP contribution in [0.1, 0.15) is 31.5 Å². The molecule has 0 bridgehead atoms. The van der Waals surface area contributed by atoms with Gasteiger partial charge in [0.2, 0.25) is 0 Å². The summed E-state index contributed by atoms with van der Waals surface area (Å²) in [5.74, 6) is 1.28. The van der Waals surface area contributed by atoms with Crippen LogP contribution in [0.2, 0.25) is 0 Å². The Morgan fingerprint density at radius 2 is 2.17 bits per heavy atom. The molecule has 0 radical (unpaired) electrons. The van der Waals surface area contributed by atoms with Gasteiger partial charge in [-0.2, -0.15) is 0 Å². The van der Waals surface area contributed by atoms with Gasteiger partial charge in [-0.05, 0) is 18.6 Å². The fourth-order valence-electron chi connectivity index (χ4n) is 2.44. The van der Waals surface area contributed by atoms with Gasteiger partial charge in [0.15, 0.2) is 0 Å². The number of hydrogen-bond acceptors (Lipinski definition) is 3. The van der Waals surface area contributed by atoms with Crippen LogP contribution in [-0.2, 0) is 6.54 Å². The highest BCUT2D eigenvalue weighted by atomic mass is 16.3. The van der Waals surface area contributed by atoms with Crippen LogP contribution in [0, 0.1) is 0 Å². The molecule has 0 aliphatic heterocycles. The summed E-state index contributed by atoms with van der Waals surface area (Å²) in [4.78, 5) is 4.69. The minimum Gasteiger partial charge on any atom is -0.395 e. The molecule has 1 unspecified atom stereocenters. The first-order chi connectivity index (χ1) is 8.81. The van der Waals surface area contributed by atoms with E-state index >= 15 is 0 Å². The van der Waals surface area contributed by atoms with Crippen LogP contribution in [0.3, 0.4) is 0 Å². The van der Waals surface area contributed by atoms with E-state index in [2.05, 4.69) is 11.5 Å². The molecular formula is C14H21N3O. The number of para-hydroxylation sites is 2. The number of aliphatic hydroxyl groups is 1. The molecular weight excluding hydrogens is 226 g/mol. The lowest BCUT2D eigenvalue weighted by atomic mass is 10.0. The van der Waals surface area contributed by atoms with Crippen molar-refractivity contribution >= 4 is 11.0 Å². The number of rotatable bonds is 6. The summed E-state index contributed by atoms with van der Waals surface area (Å²) in [5, 5.41) is 9.23. The lowest BCUT2D eigenvalue weighted by Crippen LogP contribution is -2.18. The van der Waals surface area contributed by atoms with E-state index in [0.717, 1.165) is 29.7 Å². The van der Waals surface area contributed by atoms with Gasteiger partial charge in [-0.3, -0.25) is 0 Å². The molecule has 0 aliphatic rings.